The highest BCUT2D eigenvalue weighted by molar-refractivity contribution is 5.94. The van der Waals surface area contributed by atoms with Gasteiger partial charge in [0.1, 0.15) is 5.78 Å². The molecule has 3 rings (SSSR count). The predicted molar refractivity (Wildman–Crippen MR) is 73.5 cm³/mol. The fourth-order valence-corrected chi connectivity index (χ4v) is 2.81. The van der Waals surface area contributed by atoms with Crippen molar-refractivity contribution in [3.05, 3.63) is 59.7 Å². The molecule has 0 spiro atoms. The van der Waals surface area contributed by atoms with Crippen LogP contribution in [0.1, 0.15) is 24.0 Å². The van der Waals surface area contributed by atoms with Gasteiger partial charge in [0.2, 0.25) is 0 Å². The van der Waals surface area contributed by atoms with Crippen LogP contribution in [0.4, 0.5) is 11.4 Å². The zero-order valence-electron chi connectivity index (χ0n) is 10.6. The zero-order valence-corrected chi connectivity index (χ0v) is 10.6. The van der Waals surface area contributed by atoms with Crippen LogP contribution in [-0.4, -0.2) is 12.8 Å². The number of hydrogen-bond acceptors (Lipinski definition) is 2. The summed E-state index contributed by atoms with van der Waals surface area (Å²) in [6, 6.07) is 16.3. The minimum Gasteiger partial charge on any atom is -0.344 e. The van der Waals surface area contributed by atoms with Gasteiger partial charge in [0.25, 0.3) is 0 Å². The third-order valence-corrected chi connectivity index (χ3v) is 3.62. The van der Waals surface area contributed by atoms with Crippen LogP contribution in [0.15, 0.2) is 48.5 Å². The first kappa shape index (κ1) is 11.0. The molecular formula is C16H15NO. The summed E-state index contributed by atoms with van der Waals surface area (Å²) in [7, 11) is 2.05. The van der Waals surface area contributed by atoms with Crippen molar-refractivity contribution in [2.24, 2.45) is 0 Å². The summed E-state index contributed by atoms with van der Waals surface area (Å²) in [6.07, 6.45) is 0. The van der Waals surface area contributed by atoms with Crippen molar-refractivity contribution in [3.8, 4) is 0 Å². The molecule has 0 aliphatic carbocycles. The molecule has 0 fully saturated rings. The number of carbonyl (C=O) groups is 1. The average Bonchev–Trinajstić information content (AvgIpc) is 2.39. The van der Waals surface area contributed by atoms with Crippen LogP contribution in [0.3, 0.4) is 0 Å². The summed E-state index contributed by atoms with van der Waals surface area (Å²) in [5.41, 5.74) is 4.45. The van der Waals surface area contributed by atoms with Crippen LogP contribution in [0.25, 0.3) is 0 Å². The first-order chi connectivity index (χ1) is 8.70. The van der Waals surface area contributed by atoms with Gasteiger partial charge in [-0.25, -0.2) is 0 Å². The van der Waals surface area contributed by atoms with Crippen molar-refractivity contribution in [1.82, 2.24) is 0 Å². The second-order valence-corrected chi connectivity index (χ2v) is 4.72. The lowest BCUT2D eigenvalue weighted by molar-refractivity contribution is -0.117. The van der Waals surface area contributed by atoms with Crippen molar-refractivity contribution in [3.63, 3.8) is 0 Å². The molecule has 0 radical (unpaired) electrons. The van der Waals surface area contributed by atoms with E-state index in [1.165, 1.54) is 0 Å². The van der Waals surface area contributed by atoms with E-state index in [9.17, 15) is 4.79 Å². The van der Waals surface area contributed by atoms with E-state index >= 15 is 0 Å². The van der Waals surface area contributed by atoms with Crippen LogP contribution in [0.5, 0.6) is 0 Å². The summed E-state index contributed by atoms with van der Waals surface area (Å²) in [6.45, 7) is 1.67. The molecule has 2 nitrogen and oxygen atoms in total. The van der Waals surface area contributed by atoms with E-state index in [4.69, 9.17) is 0 Å². The van der Waals surface area contributed by atoms with Gasteiger partial charge in [-0.2, -0.15) is 0 Å². The largest absolute Gasteiger partial charge is 0.344 e. The molecule has 0 unspecified atom stereocenters. The van der Waals surface area contributed by atoms with Crippen LogP contribution in [-0.2, 0) is 4.79 Å². The van der Waals surface area contributed by atoms with Gasteiger partial charge in [-0.15, -0.1) is 0 Å². The molecular weight excluding hydrogens is 222 g/mol. The van der Waals surface area contributed by atoms with Gasteiger partial charge in [-0.3, -0.25) is 4.79 Å². The summed E-state index contributed by atoms with van der Waals surface area (Å²) in [4.78, 5) is 14.2. The Morgan fingerprint density at radius 2 is 1.39 bits per heavy atom. The fourth-order valence-electron chi connectivity index (χ4n) is 2.81. The standard InChI is InChI=1S/C16H15NO/c1-11(18)16-12-7-3-5-9-14(12)17(2)15-10-6-4-8-13(15)16/h3-10,16H,1-2H3. The number of benzene rings is 2. The van der Waals surface area contributed by atoms with E-state index in [0.29, 0.717) is 0 Å². The van der Waals surface area contributed by atoms with E-state index in [2.05, 4.69) is 17.0 Å². The molecule has 0 saturated heterocycles. The molecule has 1 aliphatic rings. The average molecular weight is 237 g/mol. The molecule has 18 heavy (non-hydrogen) atoms. The van der Waals surface area contributed by atoms with Crippen LogP contribution < -0.4 is 4.90 Å². The van der Waals surface area contributed by atoms with Crippen LogP contribution in [0, 0.1) is 0 Å². The second kappa shape index (κ2) is 3.98. The first-order valence-electron chi connectivity index (χ1n) is 6.12. The Kier molecular flexibility index (Phi) is 2.44. The highest BCUT2D eigenvalue weighted by atomic mass is 16.1. The van der Waals surface area contributed by atoms with Gasteiger partial charge in [-0.05, 0) is 30.2 Å². The second-order valence-electron chi connectivity index (χ2n) is 4.72. The van der Waals surface area contributed by atoms with Crippen molar-refractivity contribution >= 4 is 17.2 Å². The molecule has 90 valence electrons. The number of rotatable bonds is 1. The fraction of sp³-hybridized carbons (Fsp3) is 0.188. The van der Waals surface area contributed by atoms with E-state index < -0.39 is 0 Å². The van der Waals surface area contributed by atoms with E-state index in [1.807, 2.05) is 43.4 Å². The first-order valence-corrected chi connectivity index (χ1v) is 6.12. The maximum atomic E-state index is 12.0. The molecule has 1 aliphatic heterocycles. The lowest BCUT2D eigenvalue weighted by atomic mass is 9.83. The summed E-state index contributed by atoms with van der Waals surface area (Å²) >= 11 is 0. The summed E-state index contributed by atoms with van der Waals surface area (Å²) in [5, 5.41) is 0. The monoisotopic (exact) mass is 237 g/mol. The van der Waals surface area contributed by atoms with Crippen molar-refractivity contribution in [2.45, 2.75) is 12.8 Å². The van der Waals surface area contributed by atoms with Gasteiger partial charge >= 0.3 is 0 Å². The minimum absolute atomic E-state index is 0.131. The normalized spacial score (nSPS) is 14.0. The zero-order chi connectivity index (χ0) is 12.7. The Hall–Kier alpha value is -2.09. The van der Waals surface area contributed by atoms with Gasteiger partial charge in [0.15, 0.2) is 0 Å². The molecule has 0 atom stereocenters. The van der Waals surface area contributed by atoms with Gasteiger partial charge in [0.05, 0.1) is 5.92 Å². The SMILES string of the molecule is CC(=O)C1c2ccccc2N(C)c2ccccc21. The third-order valence-electron chi connectivity index (χ3n) is 3.62. The van der Waals surface area contributed by atoms with E-state index in [1.54, 1.807) is 6.92 Å². The molecule has 0 bridgehead atoms. The lowest BCUT2D eigenvalue weighted by Gasteiger charge is -2.34. The van der Waals surface area contributed by atoms with Gasteiger partial charge in [0, 0.05) is 18.4 Å². The number of ketones is 1. The Morgan fingerprint density at radius 3 is 1.83 bits per heavy atom. The molecule has 2 aromatic rings. The predicted octanol–water partition coefficient (Wildman–Crippen LogP) is 3.49. The van der Waals surface area contributed by atoms with E-state index in [-0.39, 0.29) is 11.7 Å². The molecule has 0 saturated carbocycles. The molecule has 1 heterocycles. The quantitative estimate of drug-likeness (QED) is 0.756. The Labute approximate surface area is 107 Å². The number of carbonyl (C=O) groups excluding carboxylic acids is 1. The molecule has 0 amide bonds. The Balaban J connectivity index is 2.30. The number of Topliss-reactive ketones (excluding diaryl/α,β-unsaturated/α-hetero) is 1. The van der Waals surface area contributed by atoms with Gasteiger partial charge < -0.3 is 4.90 Å². The minimum atomic E-state index is -0.131. The van der Waals surface area contributed by atoms with Gasteiger partial charge in [-0.1, -0.05) is 36.4 Å². The molecule has 0 N–H and O–H groups in total. The third kappa shape index (κ3) is 1.46. The Morgan fingerprint density at radius 1 is 0.944 bits per heavy atom. The lowest BCUT2D eigenvalue weighted by Crippen LogP contribution is -2.24. The van der Waals surface area contributed by atoms with E-state index in [0.717, 1.165) is 22.5 Å². The topological polar surface area (TPSA) is 20.3 Å². The Bertz CT molecular complexity index is 570. The highest BCUT2D eigenvalue weighted by Gasteiger charge is 2.30. The number of nitrogens with zero attached hydrogens (tertiary/aromatic N) is 1. The molecule has 2 aromatic carbocycles. The maximum Gasteiger partial charge on any atom is 0.141 e. The van der Waals surface area contributed by atoms with Crippen molar-refractivity contribution in [2.75, 3.05) is 11.9 Å². The number of hydrogen-bond donors (Lipinski definition) is 0. The maximum absolute atomic E-state index is 12.0. The summed E-state index contributed by atoms with van der Waals surface area (Å²) < 4.78 is 0. The van der Waals surface area contributed by atoms with Crippen molar-refractivity contribution in [1.29, 1.82) is 0 Å². The van der Waals surface area contributed by atoms with Crippen LogP contribution >= 0.6 is 0 Å². The smallest absolute Gasteiger partial charge is 0.141 e. The number of para-hydroxylation sites is 2. The number of anilines is 2. The highest BCUT2D eigenvalue weighted by Crippen LogP contribution is 2.44. The molecule has 0 aromatic heterocycles. The van der Waals surface area contributed by atoms with Crippen molar-refractivity contribution < 1.29 is 4.79 Å². The molecule has 2 heteroatoms. The number of fused-ring (bicyclic) bond motifs is 2. The van der Waals surface area contributed by atoms with Crippen LogP contribution in [0.2, 0.25) is 0 Å². The summed E-state index contributed by atoms with van der Waals surface area (Å²) in [5.74, 6) is 0.0663.